The van der Waals surface area contributed by atoms with Crippen molar-refractivity contribution < 1.29 is 14.3 Å². The molecular weight excluding hydrogens is 466 g/mol. The van der Waals surface area contributed by atoms with E-state index in [-0.39, 0.29) is 23.8 Å². The van der Waals surface area contributed by atoms with Gasteiger partial charge in [0, 0.05) is 12.1 Å². The first-order valence-electron chi connectivity index (χ1n) is 8.84. The minimum absolute atomic E-state index is 0.0195. The lowest BCUT2D eigenvalue weighted by molar-refractivity contribution is -0.128. The Morgan fingerprint density at radius 1 is 1.27 bits per heavy atom. The van der Waals surface area contributed by atoms with Crippen LogP contribution in [-0.2, 0) is 16.2 Å². The van der Waals surface area contributed by atoms with Crippen LogP contribution in [-0.4, -0.2) is 28.4 Å². The summed E-state index contributed by atoms with van der Waals surface area (Å²) >= 11 is 8.49. The van der Waals surface area contributed by atoms with Gasteiger partial charge in [0.05, 0.1) is 16.1 Å². The Morgan fingerprint density at radius 3 is 2.73 bits per heavy atom. The molecule has 1 aliphatic heterocycles. The maximum atomic E-state index is 12.6. The first kappa shape index (κ1) is 21.4. The fourth-order valence-electron chi connectivity index (χ4n) is 2.79. The third-order valence-electron chi connectivity index (χ3n) is 4.29. The Hall–Kier alpha value is -3.28. The summed E-state index contributed by atoms with van der Waals surface area (Å²) in [7, 11) is 0. The van der Waals surface area contributed by atoms with Crippen molar-refractivity contribution in [2.75, 3.05) is 6.54 Å². The van der Waals surface area contributed by atoms with E-state index in [1.807, 2.05) is 12.1 Å². The van der Waals surface area contributed by atoms with Crippen molar-refractivity contribution in [2.24, 2.45) is 0 Å². The summed E-state index contributed by atoms with van der Waals surface area (Å²) in [6.45, 7) is 4.04. The highest BCUT2D eigenvalue weighted by Gasteiger charge is 2.32. The number of amides is 2. The maximum absolute atomic E-state index is 12.6. The molecule has 1 aliphatic rings. The topological polar surface area (TPSA) is 82.4 Å². The molecule has 2 amide bonds. The molecule has 0 atom stereocenters. The van der Waals surface area contributed by atoms with Crippen LogP contribution in [0.2, 0.25) is 0 Å². The molecule has 30 heavy (non-hydrogen) atoms. The van der Waals surface area contributed by atoms with Gasteiger partial charge in [-0.25, -0.2) is 0 Å². The van der Waals surface area contributed by atoms with Crippen LogP contribution in [0.5, 0.6) is 5.75 Å². The first-order chi connectivity index (χ1) is 14.4. The number of ether oxygens (including phenoxy) is 1. The Bertz CT molecular complexity index is 1120. The molecule has 0 aliphatic carbocycles. The number of thiocarbonyl (C=S) groups is 1. The second-order valence-corrected chi connectivity index (χ2v) is 7.51. The van der Waals surface area contributed by atoms with Gasteiger partial charge >= 0.3 is 0 Å². The summed E-state index contributed by atoms with van der Waals surface area (Å²) in [4.78, 5) is 26.1. The van der Waals surface area contributed by atoms with Gasteiger partial charge in [-0.3, -0.25) is 19.8 Å². The van der Waals surface area contributed by atoms with Crippen molar-refractivity contribution in [2.45, 2.75) is 6.61 Å². The van der Waals surface area contributed by atoms with Crippen LogP contribution in [0.3, 0.4) is 0 Å². The standard InChI is InChI=1S/C22H16BrN3O3S/c1-2-9-26-21(28)17(20(27)25-22(26)30)10-14-7-8-19(18(23)11-14)29-13-16-6-4-3-5-15(16)12-24/h2-8,10-11H,1,9,13H2,(H,25,27,30)/b17-10+. The molecule has 0 bridgehead atoms. The third kappa shape index (κ3) is 4.64. The fraction of sp³-hybridized carbons (Fsp3) is 0.0909. The molecule has 0 saturated carbocycles. The lowest BCUT2D eigenvalue weighted by Gasteiger charge is -2.27. The first-order valence-corrected chi connectivity index (χ1v) is 10.0. The molecule has 2 aromatic rings. The Kier molecular flexibility index (Phi) is 6.77. The lowest BCUT2D eigenvalue weighted by atomic mass is 10.1. The summed E-state index contributed by atoms with van der Waals surface area (Å²) < 4.78 is 6.46. The molecule has 1 N–H and O–H groups in total. The molecule has 0 unspecified atom stereocenters. The normalized spacial score (nSPS) is 15.0. The number of hydrogen-bond donors (Lipinski definition) is 1. The molecule has 2 aromatic carbocycles. The fourth-order valence-corrected chi connectivity index (χ4v) is 3.55. The van der Waals surface area contributed by atoms with E-state index in [1.165, 1.54) is 17.1 Å². The average Bonchev–Trinajstić information content (AvgIpc) is 2.73. The molecule has 0 radical (unpaired) electrons. The van der Waals surface area contributed by atoms with Crippen LogP contribution in [0.4, 0.5) is 0 Å². The van der Waals surface area contributed by atoms with Crippen LogP contribution in [0, 0.1) is 11.3 Å². The molecular formula is C22H16BrN3O3S. The van der Waals surface area contributed by atoms with E-state index in [0.717, 1.165) is 5.56 Å². The molecule has 1 heterocycles. The second-order valence-electron chi connectivity index (χ2n) is 6.27. The molecule has 150 valence electrons. The zero-order valence-electron chi connectivity index (χ0n) is 15.7. The maximum Gasteiger partial charge on any atom is 0.265 e. The Balaban J connectivity index is 1.80. The largest absolute Gasteiger partial charge is 0.488 e. The number of nitrogens with zero attached hydrogens (tertiary/aromatic N) is 2. The molecule has 0 aromatic heterocycles. The third-order valence-corrected chi connectivity index (χ3v) is 5.23. The number of nitriles is 1. The monoisotopic (exact) mass is 481 g/mol. The predicted octanol–water partition coefficient (Wildman–Crippen LogP) is 3.71. The van der Waals surface area contributed by atoms with Crippen molar-refractivity contribution >= 4 is 51.2 Å². The van der Waals surface area contributed by atoms with Crippen LogP contribution in [0.1, 0.15) is 16.7 Å². The smallest absolute Gasteiger partial charge is 0.265 e. The van der Waals surface area contributed by atoms with Crippen LogP contribution in [0.25, 0.3) is 6.08 Å². The summed E-state index contributed by atoms with van der Waals surface area (Å²) in [5.41, 5.74) is 1.95. The number of carbonyl (C=O) groups excluding carboxylic acids is 2. The predicted molar refractivity (Wildman–Crippen MR) is 120 cm³/mol. The van der Waals surface area contributed by atoms with Crippen LogP contribution < -0.4 is 10.1 Å². The van der Waals surface area contributed by atoms with Gasteiger partial charge in [0.2, 0.25) is 0 Å². The zero-order chi connectivity index (χ0) is 21.7. The van der Waals surface area contributed by atoms with Crippen molar-refractivity contribution in [3.05, 3.63) is 81.9 Å². The minimum Gasteiger partial charge on any atom is -0.488 e. The molecule has 1 fully saturated rings. The second kappa shape index (κ2) is 9.48. The van der Waals surface area contributed by atoms with E-state index in [9.17, 15) is 14.9 Å². The molecule has 8 heteroatoms. The van der Waals surface area contributed by atoms with Gasteiger partial charge in [0.25, 0.3) is 11.8 Å². The van der Waals surface area contributed by atoms with Gasteiger partial charge in [0.15, 0.2) is 5.11 Å². The van der Waals surface area contributed by atoms with Crippen molar-refractivity contribution in [1.82, 2.24) is 10.2 Å². The number of benzene rings is 2. The highest BCUT2D eigenvalue weighted by molar-refractivity contribution is 9.10. The van der Waals surface area contributed by atoms with Gasteiger partial charge in [-0.15, -0.1) is 6.58 Å². The van der Waals surface area contributed by atoms with Crippen LogP contribution >= 0.6 is 28.1 Å². The van der Waals surface area contributed by atoms with E-state index in [1.54, 1.807) is 30.3 Å². The van der Waals surface area contributed by atoms with E-state index >= 15 is 0 Å². The summed E-state index contributed by atoms with van der Waals surface area (Å²) in [5.74, 6) is -0.457. The Labute approximate surface area is 187 Å². The van der Waals surface area contributed by atoms with E-state index in [2.05, 4.69) is 33.9 Å². The molecule has 3 rings (SSSR count). The number of nitrogens with one attached hydrogen (secondary N) is 1. The van der Waals surface area contributed by atoms with E-state index < -0.39 is 11.8 Å². The summed E-state index contributed by atoms with van der Waals surface area (Å²) in [5, 5.41) is 11.7. The summed E-state index contributed by atoms with van der Waals surface area (Å²) in [6.07, 6.45) is 3.03. The Morgan fingerprint density at radius 2 is 2.03 bits per heavy atom. The summed E-state index contributed by atoms with van der Waals surface area (Å²) in [6, 6.07) is 14.5. The number of rotatable bonds is 6. The van der Waals surface area contributed by atoms with Gasteiger partial charge in [-0.05, 0) is 58.0 Å². The number of carbonyl (C=O) groups is 2. The van der Waals surface area contributed by atoms with Gasteiger partial charge in [0.1, 0.15) is 17.9 Å². The van der Waals surface area contributed by atoms with Crippen LogP contribution in [0.15, 0.2) is 65.2 Å². The lowest BCUT2D eigenvalue weighted by Crippen LogP contribution is -2.53. The van der Waals surface area contributed by atoms with Gasteiger partial charge in [-0.2, -0.15) is 5.26 Å². The molecule has 1 saturated heterocycles. The van der Waals surface area contributed by atoms with Gasteiger partial charge < -0.3 is 4.74 Å². The zero-order valence-corrected chi connectivity index (χ0v) is 18.1. The molecule has 6 nitrogen and oxygen atoms in total. The van der Waals surface area contributed by atoms with Gasteiger partial charge in [-0.1, -0.05) is 30.3 Å². The minimum atomic E-state index is -0.546. The van der Waals surface area contributed by atoms with E-state index in [0.29, 0.717) is 21.3 Å². The highest BCUT2D eigenvalue weighted by Crippen LogP contribution is 2.28. The number of hydrogen-bond acceptors (Lipinski definition) is 5. The van der Waals surface area contributed by atoms with Crippen molar-refractivity contribution in [3.63, 3.8) is 0 Å². The molecule has 0 spiro atoms. The van der Waals surface area contributed by atoms with E-state index in [4.69, 9.17) is 17.0 Å². The SMILES string of the molecule is C=CCN1C(=O)/C(=C/c2ccc(OCc3ccccc3C#N)c(Br)c2)C(=O)NC1=S. The van der Waals surface area contributed by atoms with Crippen molar-refractivity contribution in [1.29, 1.82) is 5.26 Å². The average molecular weight is 482 g/mol. The quantitative estimate of drug-likeness (QED) is 0.294. The highest BCUT2D eigenvalue weighted by atomic mass is 79.9. The van der Waals surface area contributed by atoms with Crippen molar-refractivity contribution in [3.8, 4) is 11.8 Å². The number of halogens is 1.